The van der Waals surface area contributed by atoms with Gasteiger partial charge in [-0.3, -0.25) is 9.59 Å². The van der Waals surface area contributed by atoms with E-state index in [-0.39, 0.29) is 24.5 Å². The first-order chi connectivity index (χ1) is 14.8. The number of para-hydroxylation sites is 2. The van der Waals surface area contributed by atoms with E-state index in [2.05, 4.69) is 5.32 Å². The van der Waals surface area contributed by atoms with Gasteiger partial charge >= 0.3 is 0 Å². The summed E-state index contributed by atoms with van der Waals surface area (Å²) in [5.74, 6) is 0.822. The molecule has 0 spiro atoms. The highest BCUT2D eigenvalue weighted by atomic mass is 35.5. The van der Waals surface area contributed by atoms with Gasteiger partial charge in [0.2, 0.25) is 0 Å². The fourth-order valence-corrected chi connectivity index (χ4v) is 3.45. The molecule has 0 radical (unpaired) electrons. The third-order valence-electron chi connectivity index (χ3n) is 4.60. The van der Waals surface area contributed by atoms with Gasteiger partial charge in [0.25, 0.3) is 11.8 Å². The van der Waals surface area contributed by atoms with E-state index in [1.165, 1.54) is 25.1 Å². The molecule has 0 saturated heterocycles. The maximum Gasteiger partial charge on any atom is 0.262 e. The van der Waals surface area contributed by atoms with Crippen LogP contribution in [0.4, 0.5) is 5.69 Å². The first-order valence-corrected chi connectivity index (χ1v) is 10.2. The Morgan fingerprint density at radius 1 is 1.29 bits per heavy atom. The molecule has 0 bridgehead atoms. The second-order valence-corrected chi connectivity index (χ2v) is 7.58. The van der Waals surface area contributed by atoms with E-state index >= 15 is 0 Å². The highest BCUT2D eigenvalue weighted by Crippen LogP contribution is 2.38. The molecule has 1 unspecified atom stereocenters. The molecule has 1 heterocycles. The van der Waals surface area contributed by atoms with E-state index < -0.39 is 6.10 Å². The lowest BCUT2D eigenvalue weighted by molar-refractivity contribution is -0.127. The van der Waals surface area contributed by atoms with Crippen LogP contribution in [0, 0.1) is 0 Å². The molecule has 8 heteroatoms. The van der Waals surface area contributed by atoms with E-state index in [1.807, 2.05) is 19.9 Å². The molecule has 2 aromatic rings. The van der Waals surface area contributed by atoms with Gasteiger partial charge in [-0.25, -0.2) is 0 Å². The van der Waals surface area contributed by atoms with Gasteiger partial charge in [-0.2, -0.15) is 0 Å². The zero-order valence-corrected chi connectivity index (χ0v) is 18.6. The number of ether oxygens (including phenoxy) is 3. The number of anilines is 1. The van der Waals surface area contributed by atoms with Crippen molar-refractivity contribution in [3.63, 3.8) is 0 Å². The number of halogens is 1. The van der Waals surface area contributed by atoms with Crippen molar-refractivity contribution in [2.45, 2.75) is 26.1 Å². The minimum Gasteiger partial charge on any atom is -0.493 e. The van der Waals surface area contributed by atoms with Crippen molar-refractivity contribution in [2.24, 2.45) is 0 Å². The molecular weight excluding hydrogens is 420 g/mol. The number of rotatable bonds is 6. The van der Waals surface area contributed by atoms with Crippen molar-refractivity contribution in [2.75, 3.05) is 25.6 Å². The summed E-state index contributed by atoms with van der Waals surface area (Å²) >= 11 is 6.36. The number of hydrogen-bond acceptors (Lipinski definition) is 5. The van der Waals surface area contributed by atoms with Crippen LogP contribution in [0.2, 0.25) is 5.02 Å². The minimum atomic E-state index is -0.792. The molecule has 1 aliphatic rings. The van der Waals surface area contributed by atoms with Gasteiger partial charge in [0, 0.05) is 13.1 Å². The summed E-state index contributed by atoms with van der Waals surface area (Å²) in [7, 11) is 3.06. The maximum atomic E-state index is 13.0. The van der Waals surface area contributed by atoms with Crippen molar-refractivity contribution in [3.05, 3.63) is 53.1 Å². The molecule has 1 atom stereocenters. The lowest BCUT2D eigenvalue weighted by Crippen LogP contribution is -2.49. The Morgan fingerprint density at radius 3 is 2.71 bits per heavy atom. The Balaban J connectivity index is 1.86. The number of likely N-dealkylation sites (N-methyl/N-ethyl adjacent to an activating group) is 1. The number of fused-ring (bicyclic) bond motifs is 1. The predicted octanol–water partition coefficient (Wildman–Crippen LogP) is 3.69. The SMILES string of the molecule is CNC(=O)C1CN(C(=O)/C=C/c2cc(Cl)c(OC(C)C)c(OC)c2)c2ccccc2O1. The summed E-state index contributed by atoms with van der Waals surface area (Å²) < 4.78 is 16.8. The number of methoxy groups -OCH3 is 1. The van der Waals surface area contributed by atoms with Crippen LogP contribution in [-0.2, 0) is 9.59 Å². The predicted molar refractivity (Wildman–Crippen MR) is 120 cm³/mol. The molecule has 2 amide bonds. The maximum absolute atomic E-state index is 13.0. The topological polar surface area (TPSA) is 77.1 Å². The molecule has 0 saturated carbocycles. The first kappa shape index (κ1) is 22.5. The van der Waals surface area contributed by atoms with Crippen LogP contribution in [0.25, 0.3) is 6.08 Å². The molecule has 1 N–H and O–H groups in total. The van der Waals surface area contributed by atoms with Crippen LogP contribution in [0.5, 0.6) is 17.2 Å². The highest BCUT2D eigenvalue weighted by molar-refractivity contribution is 6.32. The molecule has 2 aromatic carbocycles. The number of carbonyl (C=O) groups excluding carboxylic acids is 2. The van der Waals surface area contributed by atoms with E-state index in [1.54, 1.807) is 36.4 Å². The number of amides is 2. The van der Waals surface area contributed by atoms with Crippen molar-refractivity contribution >= 4 is 35.2 Å². The Bertz CT molecular complexity index is 1010. The fraction of sp³-hybridized carbons (Fsp3) is 0.304. The molecule has 3 rings (SSSR count). The van der Waals surface area contributed by atoms with Crippen LogP contribution in [-0.4, -0.2) is 44.7 Å². The van der Waals surface area contributed by atoms with E-state index in [0.717, 1.165) is 0 Å². The highest BCUT2D eigenvalue weighted by Gasteiger charge is 2.32. The standard InChI is InChI=1S/C23H25ClN2O5/c1-14(2)30-22-16(24)11-15(12-19(22)29-4)9-10-21(27)26-13-20(23(28)25-3)31-18-8-6-5-7-17(18)26/h5-12,14,20H,13H2,1-4H3,(H,25,28)/b10-9+. The molecule has 7 nitrogen and oxygen atoms in total. The molecule has 31 heavy (non-hydrogen) atoms. The average Bonchev–Trinajstić information content (AvgIpc) is 2.77. The summed E-state index contributed by atoms with van der Waals surface area (Å²) in [4.78, 5) is 26.6. The molecule has 0 fully saturated rings. The van der Waals surface area contributed by atoms with Crippen LogP contribution < -0.4 is 24.4 Å². The van der Waals surface area contributed by atoms with Crippen molar-refractivity contribution in [1.82, 2.24) is 5.32 Å². The van der Waals surface area contributed by atoms with E-state index in [4.69, 9.17) is 25.8 Å². The normalized spacial score (nSPS) is 15.4. The smallest absolute Gasteiger partial charge is 0.262 e. The molecule has 164 valence electrons. The number of nitrogens with one attached hydrogen (secondary N) is 1. The summed E-state index contributed by atoms with van der Waals surface area (Å²) in [5.41, 5.74) is 1.28. The summed E-state index contributed by atoms with van der Waals surface area (Å²) in [6, 6.07) is 10.6. The van der Waals surface area contributed by atoms with Crippen LogP contribution >= 0.6 is 11.6 Å². The van der Waals surface area contributed by atoms with Crippen LogP contribution in [0.1, 0.15) is 19.4 Å². The summed E-state index contributed by atoms with van der Waals surface area (Å²) in [5, 5.41) is 2.95. The number of carbonyl (C=O) groups is 2. The lowest BCUT2D eigenvalue weighted by Gasteiger charge is -2.33. The Hall–Kier alpha value is -3.19. The Morgan fingerprint density at radius 2 is 2.03 bits per heavy atom. The van der Waals surface area contributed by atoms with Gasteiger partial charge in [-0.15, -0.1) is 0 Å². The summed E-state index contributed by atoms with van der Waals surface area (Å²) in [6.07, 6.45) is 2.21. The second kappa shape index (κ2) is 9.75. The van der Waals surface area contributed by atoms with E-state index in [0.29, 0.717) is 33.5 Å². The quantitative estimate of drug-likeness (QED) is 0.687. The molecule has 1 aliphatic heterocycles. The number of nitrogens with zero attached hydrogens (tertiary/aromatic N) is 1. The number of benzene rings is 2. The van der Waals surface area contributed by atoms with Gasteiger partial charge < -0.3 is 24.4 Å². The Labute approximate surface area is 186 Å². The molecular formula is C23H25ClN2O5. The van der Waals surface area contributed by atoms with E-state index in [9.17, 15) is 9.59 Å². The lowest BCUT2D eigenvalue weighted by atomic mass is 10.1. The van der Waals surface area contributed by atoms with Crippen LogP contribution in [0.15, 0.2) is 42.5 Å². The second-order valence-electron chi connectivity index (χ2n) is 7.17. The van der Waals surface area contributed by atoms with Gasteiger partial charge in [0.15, 0.2) is 17.6 Å². The monoisotopic (exact) mass is 444 g/mol. The zero-order valence-electron chi connectivity index (χ0n) is 17.8. The van der Waals surface area contributed by atoms with Gasteiger partial charge in [-0.05, 0) is 49.8 Å². The zero-order chi connectivity index (χ0) is 22.5. The third-order valence-corrected chi connectivity index (χ3v) is 4.88. The number of hydrogen-bond donors (Lipinski definition) is 1. The van der Waals surface area contributed by atoms with Gasteiger partial charge in [0.05, 0.1) is 30.5 Å². The minimum absolute atomic E-state index is 0.0657. The molecule has 0 aliphatic carbocycles. The van der Waals surface area contributed by atoms with Crippen molar-refractivity contribution in [3.8, 4) is 17.2 Å². The van der Waals surface area contributed by atoms with Gasteiger partial charge in [0.1, 0.15) is 5.75 Å². The third kappa shape index (κ3) is 5.11. The van der Waals surface area contributed by atoms with Gasteiger partial charge in [-0.1, -0.05) is 23.7 Å². The largest absolute Gasteiger partial charge is 0.493 e. The van der Waals surface area contributed by atoms with Crippen LogP contribution in [0.3, 0.4) is 0 Å². The van der Waals surface area contributed by atoms with Crippen molar-refractivity contribution < 1.29 is 23.8 Å². The Kier molecular flexibility index (Phi) is 7.07. The fourth-order valence-electron chi connectivity index (χ4n) is 3.18. The van der Waals surface area contributed by atoms with Crippen molar-refractivity contribution in [1.29, 1.82) is 0 Å². The average molecular weight is 445 g/mol. The summed E-state index contributed by atoms with van der Waals surface area (Å²) in [6.45, 7) is 3.90. The molecule has 0 aromatic heterocycles. The first-order valence-electron chi connectivity index (χ1n) is 9.85.